The van der Waals surface area contributed by atoms with Crippen molar-refractivity contribution in [2.75, 3.05) is 19.8 Å². The Morgan fingerprint density at radius 3 is 2.45 bits per heavy atom. The van der Waals surface area contributed by atoms with Crippen LogP contribution < -0.4 is 15.2 Å². The van der Waals surface area contributed by atoms with E-state index in [0.29, 0.717) is 11.3 Å². The van der Waals surface area contributed by atoms with Crippen LogP contribution in [0.15, 0.2) is 53.7 Å². The van der Waals surface area contributed by atoms with Crippen molar-refractivity contribution in [3.63, 3.8) is 0 Å². The van der Waals surface area contributed by atoms with Crippen LogP contribution in [0.4, 0.5) is 0 Å². The lowest BCUT2D eigenvalue weighted by molar-refractivity contribution is -0.147. The van der Waals surface area contributed by atoms with E-state index in [1.807, 2.05) is 0 Å². The van der Waals surface area contributed by atoms with E-state index < -0.39 is 21.5 Å². The quantitative estimate of drug-likeness (QED) is 0.426. The van der Waals surface area contributed by atoms with Crippen molar-refractivity contribution in [1.82, 2.24) is 9.71 Å². The highest BCUT2D eigenvalue weighted by Crippen LogP contribution is 2.14. The first-order valence-electron chi connectivity index (χ1n) is 8.69. The highest BCUT2D eigenvalue weighted by molar-refractivity contribution is 7.89. The average Bonchev–Trinajstić information content (AvgIpc) is 2.70. The summed E-state index contributed by atoms with van der Waals surface area (Å²) in [5.41, 5.74) is 4.69. The Morgan fingerprint density at radius 2 is 1.86 bits per heavy atom. The molecule has 9 nitrogen and oxygen atoms in total. The van der Waals surface area contributed by atoms with Crippen molar-refractivity contribution in [3.8, 4) is 5.75 Å². The van der Waals surface area contributed by atoms with Gasteiger partial charge in [-0.15, -0.1) is 0 Å². The number of rotatable bonds is 10. The van der Waals surface area contributed by atoms with Gasteiger partial charge in [0.2, 0.25) is 10.0 Å². The Kier molecular flexibility index (Phi) is 7.43. The Hall–Kier alpha value is -2.82. The van der Waals surface area contributed by atoms with Crippen LogP contribution in [0.25, 0.3) is 0 Å². The fourth-order valence-electron chi connectivity index (χ4n) is 2.26. The average molecular weight is 421 g/mol. The molecule has 0 spiro atoms. The molecule has 1 aromatic carbocycles. The van der Waals surface area contributed by atoms with E-state index in [1.165, 1.54) is 24.5 Å². The van der Waals surface area contributed by atoms with E-state index in [4.69, 9.17) is 15.2 Å². The summed E-state index contributed by atoms with van der Waals surface area (Å²) >= 11 is 0. The summed E-state index contributed by atoms with van der Waals surface area (Å²) in [5.74, 6) is -0.486. The fourth-order valence-corrected chi connectivity index (χ4v) is 3.62. The number of ketones is 1. The number of benzene rings is 1. The molecule has 0 aliphatic rings. The molecule has 0 amide bonds. The molecule has 0 aliphatic heterocycles. The van der Waals surface area contributed by atoms with Gasteiger partial charge in [-0.3, -0.25) is 9.78 Å². The maximum absolute atomic E-state index is 12.4. The number of hydrogen-bond donors (Lipinski definition) is 2. The molecular weight excluding hydrogens is 398 g/mol. The Labute approximate surface area is 169 Å². The number of ether oxygens (including phenoxy) is 2. The van der Waals surface area contributed by atoms with E-state index in [9.17, 15) is 18.0 Å². The normalized spacial score (nSPS) is 11.7. The Morgan fingerprint density at radius 1 is 1.17 bits per heavy atom. The first-order valence-corrected chi connectivity index (χ1v) is 10.2. The smallest absolute Gasteiger partial charge is 0.344 e. The van der Waals surface area contributed by atoms with E-state index >= 15 is 0 Å². The molecule has 10 heteroatoms. The maximum Gasteiger partial charge on any atom is 0.344 e. The molecule has 29 heavy (non-hydrogen) atoms. The molecule has 0 fully saturated rings. The van der Waals surface area contributed by atoms with Crippen molar-refractivity contribution in [1.29, 1.82) is 0 Å². The van der Waals surface area contributed by atoms with Gasteiger partial charge in [-0.25, -0.2) is 17.9 Å². The molecule has 0 aliphatic carbocycles. The van der Waals surface area contributed by atoms with E-state index in [0.717, 1.165) is 0 Å². The van der Waals surface area contributed by atoms with Crippen LogP contribution in [0.2, 0.25) is 0 Å². The van der Waals surface area contributed by atoms with Gasteiger partial charge in [0, 0.05) is 18.0 Å². The number of carbonyl (C=O) groups is 2. The van der Waals surface area contributed by atoms with Gasteiger partial charge in [0.25, 0.3) is 0 Å². The third-order valence-corrected chi connectivity index (χ3v) is 5.35. The summed E-state index contributed by atoms with van der Waals surface area (Å²) in [6, 6.07) is 9.11. The van der Waals surface area contributed by atoms with Crippen LogP contribution in [-0.4, -0.2) is 50.5 Å². The zero-order valence-corrected chi connectivity index (χ0v) is 16.9. The van der Waals surface area contributed by atoms with Gasteiger partial charge in [-0.2, -0.15) is 0 Å². The van der Waals surface area contributed by atoms with Gasteiger partial charge < -0.3 is 15.2 Å². The van der Waals surface area contributed by atoms with Gasteiger partial charge in [-0.05, 0) is 50.2 Å². The number of aromatic nitrogens is 1. The largest absolute Gasteiger partial charge is 0.482 e. The van der Waals surface area contributed by atoms with E-state index in [1.54, 1.807) is 38.1 Å². The summed E-state index contributed by atoms with van der Waals surface area (Å²) < 4.78 is 37.6. The second kappa shape index (κ2) is 9.59. The summed E-state index contributed by atoms with van der Waals surface area (Å²) in [5, 5.41) is 0. The lowest BCUT2D eigenvalue weighted by Gasteiger charge is -2.25. The van der Waals surface area contributed by atoms with Crippen molar-refractivity contribution < 1.29 is 27.5 Å². The molecule has 2 rings (SSSR count). The molecule has 0 saturated heterocycles. The molecule has 0 unspecified atom stereocenters. The SMILES string of the molecule is CC(C)(COC(=O)COc1ccc(C(=O)CN)cc1)NS(=O)(=O)c1cccnc1. The van der Waals surface area contributed by atoms with E-state index in [-0.39, 0.29) is 30.4 Å². The maximum atomic E-state index is 12.4. The number of nitrogens with one attached hydrogen (secondary N) is 1. The Bertz CT molecular complexity index is 944. The predicted octanol–water partition coefficient (Wildman–Crippen LogP) is 0.902. The lowest BCUT2D eigenvalue weighted by Crippen LogP contribution is -2.47. The molecule has 0 bridgehead atoms. The first-order chi connectivity index (χ1) is 13.6. The van der Waals surface area contributed by atoms with Gasteiger partial charge in [0.15, 0.2) is 12.4 Å². The molecular formula is C19H23N3O6S. The molecule has 1 heterocycles. The van der Waals surface area contributed by atoms with Gasteiger partial charge >= 0.3 is 5.97 Å². The van der Waals surface area contributed by atoms with Crippen LogP contribution in [0.3, 0.4) is 0 Å². The van der Waals surface area contributed by atoms with Crippen molar-refractivity contribution in [3.05, 3.63) is 54.4 Å². The lowest BCUT2D eigenvalue weighted by atomic mass is 10.1. The third-order valence-electron chi connectivity index (χ3n) is 3.67. The standard InChI is InChI=1S/C19H23N3O6S/c1-19(2,22-29(25,26)16-4-3-9-21-11-16)13-28-18(24)12-27-15-7-5-14(6-8-15)17(23)10-20/h3-9,11,22H,10,12-13,20H2,1-2H3. The number of hydrogen-bond acceptors (Lipinski definition) is 8. The zero-order valence-electron chi connectivity index (χ0n) is 16.1. The molecule has 3 N–H and O–H groups in total. The topological polar surface area (TPSA) is 138 Å². The highest BCUT2D eigenvalue weighted by atomic mass is 32.2. The molecule has 2 aromatic rings. The summed E-state index contributed by atoms with van der Waals surface area (Å²) in [4.78, 5) is 27.2. The highest BCUT2D eigenvalue weighted by Gasteiger charge is 2.28. The number of pyridine rings is 1. The third kappa shape index (κ3) is 6.93. The number of Topliss-reactive ketones (excluding diaryl/α,β-unsaturated/α-hetero) is 1. The van der Waals surface area contributed by atoms with Gasteiger partial charge in [0.1, 0.15) is 17.3 Å². The van der Waals surface area contributed by atoms with Crippen molar-refractivity contribution in [2.24, 2.45) is 5.73 Å². The zero-order chi connectivity index (χ0) is 21.5. The minimum Gasteiger partial charge on any atom is -0.482 e. The van der Waals surface area contributed by atoms with E-state index in [2.05, 4.69) is 9.71 Å². The van der Waals surface area contributed by atoms with Crippen LogP contribution in [0, 0.1) is 0 Å². The van der Waals surface area contributed by atoms with Crippen LogP contribution >= 0.6 is 0 Å². The molecule has 156 valence electrons. The number of nitrogens with two attached hydrogens (primary N) is 1. The van der Waals surface area contributed by atoms with Crippen LogP contribution in [0.1, 0.15) is 24.2 Å². The predicted molar refractivity (Wildman–Crippen MR) is 105 cm³/mol. The van der Waals surface area contributed by atoms with Crippen molar-refractivity contribution in [2.45, 2.75) is 24.3 Å². The summed E-state index contributed by atoms with van der Waals surface area (Å²) in [6.45, 7) is 2.52. The second-order valence-electron chi connectivity index (χ2n) is 6.78. The molecule has 0 saturated carbocycles. The molecule has 0 atom stereocenters. The molecule has 0 radical (unpaired) electrons. The molecule has 1 aromatic heterocycles. The minimum absolute atomic E-state index is 0.0132. The monoisotopic (exact) mass is 421 g/mol. The van der Waals surface area contributed by atoms with Crippen LogP contribution in [0.5, 0.6) is 5.75 Å². The Balaban J connectivity index is 1.84. The van der Waals surface area contributed by atoms with Crippen LogP contribution in [-0.2, 0) is 19.6 Å². The number of esters is 1. The second-order valence-corrected chi connectivity index (χ2v) is 8.46. The minimum atomic E-state index is -3.81. The summed E-state index contributed by atoms with van der Waals surface area (Å²) in [6.07, 6.45) is 2.69. The number of carbonyl (C=O) groups excluding carboxylic acids is 2. The van der Waals surface area contributed by atoms with Gasteiger partial charge in [-0.1, -0.05) is 0 Å². The van der Waals surface area contributed by atoms with Crippen molar-refractivity contribution >= 4 is 21.8 Å². The fraction of sp³-hybridized carbons (Fsp3) is 0.316. The number of nitrogens with zero attached hydrogens (tertiary/aromatic N) is 1. The summed E-state index contributed by atoms with van der Waals surface area (Å²) in [7, 11) is -3.81. The number of sulfonamides is 1. The van der Waals surface area contributed by atoms with Gasteiger partial charge in [0.05, 0.1) is 12.1 Å². The first kappa shape index (κ1) is 22.5.